The van der Waals surface area contributed by atoms with Gasteiger partial charge in [0.2, 0.25) is 11.9 Å². The number of alkyl carbamates (subject to hydrolysis) is 1. The number of aryl methyl sites for hydroxylation is 1. The Labute approximate surface area is 293 Å². The van der Waals surface area contributed by atoms with E-state index in [0.29, 0.717) is 16.7 Å². The maximum absolute atomic E-state index is 12.8. The number of guanidine groups is 1. The maximum atomic E-state index is 12.8. The zero-order valence-electron chi connectivity index (χ0n) is 28.1. The van der Waals surface area contributed by atoms with Gasteiger partial charge in [0.1, 0.15) is 17.2 Å². The van der Waals surface area contributed by atoms with Gasteiger partial charge in [-0.25, -0.2) is 19.4 Å². The number of nitrogens with zero attached hydrogens (tertiary/aromatic N) is 3. The van der Waals surface area contributed by atoms with Crippen molar-refractivity contribution in [2.45, 2.75) is 71.8 Å². The zero-order valence-corrected chi connectivity index (χ0v) is 29.6. The molecule has 15 nitrogen and oxygen atoms in total. The summed E-state index contributed by atoms with van der Waals surface area (Å²) in [6.07, 6.45) is -0.264. The molecule has 0 fully saturated rings. The molecule has 3 rings (SSSR count). The highest BCUT2D eigenvalue weighted by Crippen LogP contribution is 2.24. The zero-order chi connectivity index (χ0) is 36.5. The molecule has 0 saturated heterocycles. The lowest BCUT2D eigenvalue weighted by Gasteiger charge is -2.21. The summed E-state index contributed by atoms with van der Waals surface area (Å²) in [6, 6.07) is 8.35. The molecule has 17 heteroatoms. The van der Waals surface area contributed by atoms with E-state index in [-0.39, 0.29) is 41.1 Å². The predicted octanol–water partition coefficient (Wildman–Crippen LogP) is 5.05. The average Bonchev–Trinajstić information content (AvgIpc) is 3.37. The van der Waals surface area contributed by atoms with Crippen molar-refractivity contribution in [3.8, 4) is 0 Å². The van der Waals surface area contributed by atoms with Gasteiger partial charge in [0.05, 0.1) is 40.1 Å². The van der Waals surface area contributed by atoms with Gasteiger partial charge in [-0.15, -0.1) is 4.99 Å². The van der Waals surface area contributed by atoms with Gasteiger partial charge in [0, 0.05) is 25.2 Å². The summed E-state index contributed by atoms with van der Waals surface area (Å²) in [7, 11) is 1.15. The minimum atomic E-state index is -1.22. The molecule has 264 valence electrons. The molecule has 1 aromatic heterocycles. The fourth-order valence-corrected chi connectivity index (χ4v) is 4.69. The smallest absolute Gasteiger partial charge is 0.437 e. The quantitative estimate of drug-likeness (QED) is 0.101. The number of benzene rings is 2. The van der Waals surface area contributed by atoms with E-state index in [0.717, 1.165) is 7.11 Å². The summed E-state index contributed by atoms with van der Waals surface area (Å²) in [5.41, 5.74) is -0.0131. The standard InChI is InChI=1S/C32H39Cl2N7O8/c1-31(2,3)48-29(45)39-28(40-30(46)49-32(4,5)6)37-18-11-12-21-23(15-18)41(17-36-21)14-13-24(42)35-16-22(27(44)47-7)38-26(43)25-19(33)9-8-10-20(25)34/h8-12,15,17,22H,13-14,16H2,1-7H3,(H,35,42)(H,38,43)(H2,37,39,40,45,46)/t22-/m0/s1. The van der Waals surface area contributed by atoms with Gasteiger partial charge in [-0.2, -0.15) is 0 Å². The molecule has 2 aromatic carbocycles. The number of amides is 4. The van der Waals surface area contributed by atoms with Crippen LogP contribution in [0.1, 0.15) is 58.3 Å². The summed E-state index contributed by atoms with van der Waals surface area (Å²) in [5, 5.41) is 10.6. The molecule has 0 unspecified atom stereocenters. The van der Waals surface area contributed by atoms with Crippen LogP contribution in [0.25, 0.3) is 11.0 Å². The molecule has 1 heterocycles. The van der Waals surface area contributed by atoms with Gasteiger partial charge >= 0.3 is 18.2 Å². The number of hydrogen-bond acceptors (Lipinski definition) is 9. The number of imidazole rings is 1. The van der Waals surface area contributed by atoms with Crippen LogP contribution >= 0.6 is 23.2 Å². The number of methoxy groups -OCH3 is 1. The fourth-order valence-electron chi connectivity index (χ4n) is 4.12. The topological polar surface area (TPSA) is 191 Å². The lowest BCUT2D eigenvalue weighted by atomic mass is 10.2. The Morgan fingerprint density at radius 3 is 2.22 bits per heavy atom. The molecule has 0 spiro atoms. The van der Waals surface area contributed by atoms with Gasteiger partial charge in [-0.3, -0.25) is 14.9 Å². The van der Waals surface area contributed by atoms with Crippen molar-refractivity contribution < 1.29 is 38.2 Å². The monoisotopic (exact) mass is 719 g/mol. The van der Waals surface area contributed by atoms with Crippen LogP contribution in [0.5, 0.6) is 0 Å². The second-order valence-electron chi connectivity index (χ2n) is 12.5. The number of anilines is 1. The van der Waals surface area contributed by atoms with Crippen molar-refractivity contribution in [3.63, 3.8) is 0 Å². The van der Waals surface area contributed by atoms with Crippen LogP contribution in [-0.2, 0) is 30.3 Å². The van der Waals surface area contributed by atoms with Crippen LogP contribution in [0.4, 0.5) is 15.3 Å². The molecule has 1 atom stereocenters. The average molecular weight is 721 g/mol. The number of hydrogen-bond donors (Lipinski definition) is 4. The summed E-state index contributed by atoms with van der Waals surface area (Å²) < 4.78 is 17.0. The van der Waals surface area contributed by atoms with Gasteiger partial charge < -0.3 is 34.7 Å². The van der Waals surface area contributed by atoms with E-state index in [1.807, 2.05) is 0 Å². The lowest BCUT2D eigenvalue weighted by Crippen LogP contribution is -2.49. The number of nitrogens with one attached hydrogen (secondary N) is 4. The highest BCUT2D eigenvalue weighted by Gasteiger charge is 2.25. The minimum absolute atomic E-state index is 0.0178. The number of halogens is 2. The number of rotatable bonds is 9. The van der Waals surface area contributed by atoms with Gasteiger partial charge in [0.25, 0.3) is 5.91 Å². The Balaban J connectivity index is 1.70. The molecule has 0 saturated carbocycles. The van der Waals surface area contributed by atoms with Gasteiger partial charge in [-0.05, 0) is 71.9 Å². The van der Waals surface area contributed by atoms with Crippen LogP contribution in [0, 0.1) is 0 Å². The molecular formula is C32H39Cl2N7O8. The molecule has 0 bridgehead atoms. The third-order valence-corrected chi connectivity index (χ3v) is 6.79. The molecule has 3 aromatic rings. The van der Waals surface area contributed by atoms with Crippen molar-refractivity contribution in [1.29, 1.82) is 0 Å². The first-order valence-corrected chi connectivity index (χ1v) is 15.7. The van der Waals surface area contributed by atoms with E-state index in [1.54, 1.807) is 76.7 Å². The van der Waals surface area contributed by atoms with E-state index >= 15 is 0 Å². The Bertz CT molecular complexity index is 1720. The van der Waals surface area contributed by atoms with Crippen molar-refractivity contribution in [3.05, 3.63) is 58.3 Å². The van der Waals surface area contributed by atoms with Crippen molar-refractivity contribution in [1.82, 2.24) is 25.5 Å². The Morgan fingerprint density at radius 2 is 1.61 bits per heavy atom. The van der Waals surface area contributed by atoms with E-state index < -0.39 is 47.2 Å². The number of ether oxygens (including phenoxy) is 3. The van der Waals surface area contributed by atoms with Crippen LogP contribution in [0.2, 0.25) is 10.0 Å². The minimum Gasteiger partial charge on any atom is -0.467 e. The summed E-state index contributed by atoms with van der Waals surface area (Å²) in [6.45, 7) is 10.0. The summed E-state index contributed by atoms with van der Waals surface area (Å²) in [5.74, 6) is -2.16. The number of esters is 1. The van der Waals surface area contributed by atoms with Crippen LogP contribution in [0.3, 0.4) is 0 Å². The first-order chi connectivity index (χ1) is 22.8. The van der Waals surface area contributed by atoms with E-state index in [4.69, 9.17) is 37.4 Å². The van der Waals surface area contributed by atoms with Gasteiger partial charge in [0.15, 0.2) is 0 Å². The number of fused-ring (bicyclic) bond motifs is 1. The third-order valence-electron chi connectivity index (χ3n) is 6.16. The molecular weight excluding hydrogens is 681 g/mol. The van der Waals surface area contributed by atoms with Crippen molar-refractivity contribution >= 4 is 75.9 Å². The normalized spacial score (nSPS) is 12.5. The SMILES string of the molecule is COC(=O)[C@H](CNC(=O)CCn1cnc2ccc(N/C(=N/C(=O)OC(C)(C)C)NC(=O)OC(C)(C)C)cc21)NC(=O)c1c(Cl)cccc1Cl. The van der Waals surface area contributed by atoms with Crippen LogP contribution in [-0.4, -0.2) is 76.4 Å². The van der Waals surface area contributed by atoms with E-state index in [9.17, 15) is 24.0 Å². The second kappa shape index (κ2) is 16.5. The largest absolute Gasteiger partial charge is 0.467 e. The highest BCUT2D eigenvalue weighted by atomic mass is 35.5. The Morgan fingerprint density at radius 1 is 0.959 bits per heavy atom. The third kappa shape index (κ3) is 12.3. The van der Waals surface area contributed by atoms with E-state index in [2.05, 4.69) is 31.2 Å². The Kier molecular flexibility index (Phi) is 13.0. The fraction of sp³-hybridized carbons (Fsp3) is 0.406. The Hall–Kier alpha value is -4.89. The lowest BCUT2D eigenvalue weighted by molar-refractivity contribution is -0.142. The molecule has 4 amide bonds. The summed E-state index contributed by atoms with van der Waals surface area (Å²) in [4.78, 5) is 71.1. The van der Waals surface area contributed by atoms with Gasteiger partial charge in [-0.1, -0.05) is 29.3 Å². The number of aliphatic imine (C=N–C) groups is 1. The molecule has 0 aliphatic carbocycles. The van der Waals surface area contributed by atoms with Crippen molar-refractivity contribution in [2.75, 3.05) is 19.0 Å². The number of carbonyl (C=O) groups excluding carboxylic acids is 5. The first-order valence-electron chi connectivity index (χ1n) is 15.0. The molecule has 0 radical (unpaired) electrons. The number of aromatic nitrogens is 2. The maximum Gasteiger partial charge on any atom is 0.437 e. The number of carbonyl (C=O) groups is 5. The second-order valence-corrected chi connectivity index (χ2v) is 13.3. The molecule has 49 heavy (non-hydrogen) atoms. The van der Waals surface area contributed by atoms with Crippen molar-refractivity contribution in [2.24, 2.45) is 4.99 Å². The first kappa shape index (κ1) is 38.6. The van der Waals surface area contributed by atoms with Crippen LogP contribution in [0.15, 0.2) is 47.7 Å². The molecule has 4 N–H and O–H groups in total. The molecule has 0 aliphatic heterocycles. The summed E-state index contributed by atoms with van der Waals surface area (Å²) >= 11 is 12.2. The molecule has 0 aliphatic rings. The van der Waals surface area contributed by atoms with Crippen LogP contribution < -0.4 is 21.3 Å². The van der Waals surface area contributed by atoms with E-state index in [1.165, 1.54) is 12.1 Å². The highest BCUT2D eigenvalue weighted by molar-refractivity contribution is 6.39. The predicted molar refractivity (Wildman–Crippen MR) is 184 cm³/mol.